The van der Waals surface area contributed by atoms with Crippen LogP contribution in [0.1, 0.15) is 90.9 Å². The Bertz CT molecular complexity index is 303. The molecule has 2 rings (SSSR count). The second-order valence-electron chi connectivity index (χ2n) is 7.27. The summed E-state index contributed by atoms with van der Waals surface area (Å²) in [6.07, 6.45) is 16.9. The molecule has 0 N–H and O–H groups in total. The van der Waals surface area contributed by atoms with Crippen LogP contribution in [0.2, 0.25) is 0 Å². The highest BCUT2D eigenvalue weighted by atomic mass is 14.3. The number of hydrogen-bond acceptors (Lipinski definition) is 0. The van der Waals surface area contributed by atoms with Gasteiger partial charge in [-0.05, 0) is 63.2 Å². The van der Waals surface area contributed by atoms with E-state index < -0.39 is 0 Å². The average molecular weight is 274 g/mol. The Hall–Kier alpha value is -0.440. The lowest BCUT2D eigenvalue weighted by molar-refractivity contribution is 0.293. The van der Waals surface area contributed by atoms with Crippen molar-refractivity contribution >= 4 is 0 Å². The van der Waals surface area contributed by atoms with Crippen molar-refractivity contribution < 1.29 is 0 Å². The second kappa shape index (κ2) is 8.76. The lowest BCUT2D eigenvalue weighted by atomic mass is 9.78. The highest BCUT2D eigenvalue weighted by Gasteiger charge is 2.21. The fourth-order valence-electron chi connectivity index (χ4n) is 4.04. The van der Waals surface area contributed by atoms with Gasteiger partial charge in [0.25, 0.3) is 0 Å². The minimum atomic E-state index is 0.732. The van der Waals surface area contributed by atoms with Crippen molar-refractivity contribution in [1.29, 1.82) is 0 Å². The Morgan fingerprint density at radius 3 is 1.65 bits per heavy atom. The van der Waals surface area contributed by atoms with E-state index >= 15 is 0 Å². The minimum Gasteiger partial charge on any atom is -0.0996 e. The van der Waals surface area contributed by atoms with E-state index in [1.165, 1.54) is 77.0 Å². The van der Waals surface area contributed by atoms with Crippen LogP contribution in [0.3, 0.4) is 0 Å². The number of unbranched alkanes of at least 4 members (excludes halogenated alkanes) is 1. The van der Waals surface area contributed by atoms with Crippen LogP contribution < -0.4 is 0 Å². The van der Waals surface area contributed by atoms with Gasteiger partial charge < -0.3 is 0 Å². The lowest BCUT2D eigenvalue weighted by Gasteiger charge is -2.26. The molecule has 0 aromatic heterocycles. The van der Waals surface area contributed by atoms with E-state index in [1.807, 2.05) is 0 Å². The van der Waals surface area contributed by atoms with Crippen molar-refractivity contribution in [2.45, 2.75) is 90.9 Å². The summed E-state index contributed by atoms with van der Waals surface area (Å²) in [6.45, 7) is 4.65. The topological polar surface area (TPSA) is 0 Å². The van der Waals surface area contributed by atoms with Gasteiger partial charge in [-0.3, -0.25) is 0 Å². The summed E-state index contributed by atoms with van der Waals surface area (Å²) in [4.78, 5) is 0. The van der Waals surface area contributed by atoms with E-state index in [4.69, 9.17) is 0 Å². The first-order valence-electron chi connectivity index (χ1n) is 9.32. The van der Waals surface area contributed by atoms with E-state index in [9.17, 15) is 0 Å². The highest BCUT2D eigenvalue weighted by molar-refractivity contribution is 5.09. The zero-order chi connectivity index (χ0) is 14.2. The molecule has 0 aromatic carbocycles. The third-order valence-corrected chi connectivity index (χ3v) is 5.73. The molecule has 114 valence electrons. The molecule has 0 atom stereocenters. The normalized spacial score (nSPS) is 34.3. The number of hydrogen-bond donors (Lipinski definition) is 0. The molecule has 2 aliphatic carbocycles. The van der Waals surface area contributed by atoms with E-state index in [0.717, 1.165) is 23.7 Å². The molecule has 0 radical (unpaired) electrons. The van der Waals surface area contributed by atoms with E-state index in [-0.39, 0.29) is 0 Å². The molecule has 0 unspecified atom stereocenters. The van der Waals surface area contributed by atoms with Crippen LogP contribution in [-0.2, 0) is 0 Å². The Labute approximate surface area is 127 Å². The molecule has 20 heavy (non-hydrogen) atoms. The standard InChI is InChI=1S/C20H34/c1-3-5-6-18-11-13-20(14-12-18)16-15-19-9-7-17(4-2)8-10-19/h17-20H,3-14H2,1-2H3. The first-order chi connectivity index (χ1) is 9.81. The first-order valence-corrected chi connectivity index (χ1v) is 9.32. The van der Waals surface area contributed by atoms with Crippen LogP contribution in [0.4, 0.5) is 0 Å². The van der Waals surface area contributed by atoms with Crippen molar-refractivity contribution in [2.75, 3.05) is 0 Å². The molecule has 0 saturated heterocycles. The van der Waals surface area contributed by atoms with Crippen molar-refractivity contribution in [3.05, 3.63) is 0 Å². The first kappa shape index (κ1) is 15.9. The third kappa shape index (κ3) is 5.16. The Morgan fingerprint density at radius 1 is 0.700 bits per heavy atom. The van der Waals surface area contributed by atoms with Gasteiger partial charge in [0.05, 0.1) is 0 Å². The van der Waals surface area contributed by atoms with E-state index in [1.54, 1.807) is 0 Å². The Kier molecular flexibility index (Phi) is 6.98. The van der Waals surface area contributed by atoms with Crippen LogP contribution in [-0.4, -0.2) is 0 Å². The molecule has 0 aliphatic heterocycles. The SMILES string of the molecule is CCCCC1CCC(C#CC2CCC(CC)CC2)CC1. The molecular weight excluding hydrogens is 240 g/mol. The van der Waals surface area contributed by atoms with Gasteiger partial charge in [-0.25, -0.2) is 0 Å². The molecule has 0 amide bonds. The van der Waals surface area contributed by atoms with Gasteiger partial charge in [0.1, 0.15) is 0 Å². The van der Waals surface area contributed by atoms with Crippen LogP contribution in [0.5, 0.6) is 0 Å². The van der Waals surface area contributed by atoms with Crippen molar-refractivity contribution in [2.24, 2.45) is 23.7 Å². The summed E-state index contributed by atoms with van der Waals surface area (Å²) >= 11 is 0. The maximum atomic E-state index is 3.65. The zero-order valence-electron chi connectivity index (χ0n) is 13.8. The van der Waals surface area contributed by atoms with Crippen LogP contribution in [0, 0.1) is 35.5 Å². The van der Waals surface area contributed by atoms with Gasteiger partial charge >= 0.3 is 0 Å². The van der Waals surface area contributed by atoms with Crippen molar-refractivity contribution in [1.82, 2.24) is 0 Å². The van der Waals surface area contributed by atoms with Crippen LogP contribution >= 0.6 is 0 Å². The molecule has 0 heteroatoms. The summed E-state index contributed by atoms with van der Waals surface area (Å²) in [5, 5.41) is 0. The predicted octanol–water partition coefficient (Wildman–Crippen LogP) is 6.20. The van der Waals surface area contributed by atoms with Gasteiger partial charge in [0.2, 0.25) is 0 Å². The van der Waals surface area contributed by atoms with Gasteiger partial charge in [-0.15, -0.1) is 0 Å². The molecule has 0 heterocycles. The summed E-state index contributed by atoms with van der Waals surface area (Å²) in [5.74, 6) is 10.8. The fraction of sp³-hybridized carbons (Fsp3) is 0.900. The van der Waals surface area contributed by atoms with Crippen LogP contribution in [0.25, 0.3) is 0 Å². The molecule has 2 fully saturated rings. The third-order valence-electron chi connectivity index (χ3n) is 5.73. The average Bonchev–Trinajstić information content (AvgIpc) is 2.52. The molecule has 0 aromatic rings. The van der Waals surface area contributed by atoms with Crippen molar-refractivity contribution in [3.63, 3.8) is 0 Å². The van der Waals surface area contributed by atoms with E-state index in [0.29, 0.717) is 0 Å². The minimum absolute atomic E-state index is 0.732. The molecule has 2 saturated carbocycles. The summed E-state index contributed by atoms with van der Waals surface area (Å²) in [7, 11) is 0. The van der Waals surface area contributed by atoms with Gasteiger partial charge in [0.15, 0.2) is 0 Å². The summed E-state index contributed by atoms with van der Waals surface area (Å²) < 4.78 is 0. The summed E-state index contributed by atoms with van der Waals surface area (Å²) in [6, 6.07) is 0. The maximum absolute atomic E-state index is 3.65. The smallest absolute Gasteiger partial charge is 0.0203 e. The zero-order valence-corrected chi connectivity index (χ0v) is 13.8. The van der Waals surface area contributed by atoms with Crippen molar-refractivity contribution in [3.8, 4) is 11.8 Å². The Balaban J connectivity index is 1.67. The molecule has 0 bridgehead atoms. The highest BCUT2D eigenvalue weighted by Crippen LogP contribution is 2.33. The van der Waals surface area contributed by atoms with E-state index in [2.05, 4.69) is 25.7 Å². The molecule has 0 spiro atoms. The molecular formula is C20H34. The lowest BCUT2D eigenvalue weighted by Crippen LogP contribution is -2.15. The predicted molar refractivity (Wildman–Crippen MR) is 88.5 cm³/mol. The number of rotatable bonds is 4. The summed E-state index contributed by atoms with van der Waals surface area (Å²) in [5.41, 5.74) is 0. The monoisotopic (exact) mass is 274 g/mol. The van der Waals surface area contributed by atoms with Crippen LogP contribution in [0.15, 0.2) is 0 Å². The second-order valence-corrected chi connectivity index (χ2v) is 7.27. The maximum Gasteiger partial charge on any atom is 0.0203 e. The largest absolute Gasteiger partial charge is 0.0996 e. The van der Waals surface area contributed by atoms with Gasteiger partial charge in [-0.1, -0.05) is 51.4 Å². The van der Waals surface area contributed by atoms with Gasteiger partial charge in [-0.2, -0.15) is 0 Å². The molecule has 0 nitrogen and oxygen atoms in total. The quantitative estimate of drug-likeness (QED) is 0.535. The Morgan fingerprint density at radius 2 is 1.20 bits per heavy atom. The van der Waals surface area contributed by atoms with Gasteiger partial charge in [0, 0.05) is 11.8 Å². The fourth-order valence-corrected chi connectivity index (χ4v) is 4.04. The molecule has 2 aliphatic rings.